The lowest BCUT2D eigenvalue weighted by atomic mass is 10.3. The van der Waals surface area contributed by atoms with Gasteiger partial charge in [0.25, 0.3) is 0 Å². The minimum atomic E-state index is -0.815. The quantitative estimate of drug-likeness (QED) is 0.107. The van der Waals surface area contributed by atoms with Gasteiger partial charge < -0.3 is 0 Å². The van der Waals surface area contributed by atoms with Crippen molar-refractivity contribution in [1.82, 2.24) is 0 Å². The normalized spacial score (nSPS) is 11.5. The Balaban J connectivity index is 1.41. The van der Waals surface area contributed by atoms with E-state index in [4.69, 9.17) is 0 Å². The summed E-state index contributed by atoms with van der Waals surface area (Å²) in [6.07, 6.45) is 3.68. The fraction of sp³-hybridized carbons (Fsp3) is 0.118. The third-order valence-electron chi connectivity index (χ3n) is 6.86. The van der Waals surface area contributed by atoms with Crippen molar-refractivity contribution < 1.29 is 17.6 Å². The van der Waals surface area contributed by atoms with Gasteiger partial charge in [-0.25, -0.2) is 17.6 Å². The van der Waals surface area contributed by atoms with E-state index in [1.54, 1.807) is 0 Å². The molecule has 41 heavy (non-hydrogen) atoms. The molecule has 5 rings (SSSR count). The van der Waals surface area contributed by atoms with Gasteiger partial charge in [-0.3, -0.25) is 0 Å². The number of hydrogen-bond donors (Lipinski definition) is 0. The maximum Gasteiger partial charge on any atom is 0.123 e. The molecule has 0 radical (unpaired) electrons. The Kier molecular flexibility index (Phi) is 10.3. The molecule has 0 saturated carbocycles. The van der Waals surface area contributed by atoms with Gasteiger partial charge >= 0.3 is 0 Å². The van der Waals surface area contributed by atoms with Crippen LogP contribution >= 0.6 is 23.8 Å². The van der Waals surface area contributed by atoms with E-state index < -0.39 is 23.8 Å². The molecule has 0 aliphatic rings. The van der Waals surface area contributed by atoms with Crippen LogP contribution in [0.5, 0.6) is 0 Å². The monoisotopic (exact) mass is 606 g/mol. The van der Waals surface area contributed by atoms with E-state index in [-0.39, 0.29) is 23.3 Å². The Morgan fingerprint density at radius 1 is 0.317 bits per heavy atom. The molecule has 0 aliphatic carbocycles. The molecule has 5 aromatic carbocycles. The second kappa shape index (κ2) is 14.3. The Hall–Kier alpha value is -2.89. The van der Waals surface area contributed by atoms with E-state index in [1.165, 1.54) is 53.8 Å². The van der Waals surface area contributed by atoms with Crippen molar-refractivity contribution in [2.45, 2.75) is 0 Å². The van der Waals surface area contributed by atoms with E-state index in [0.717, 1.165) is 45.9 Å². The van der Waals surface area contributed by atoms with Gasteiger partial charge in [0, 0.05) is 0 Å². The third kappa shape index (κ3) is 8.11. The minimum absolute atomic E-state index is 0.274. The maximum absolute atomic E-state index is 13.8. The summed E-state index contributed by atoms with van der Waals surface area (Å²) < 4.78 is 55.0. The maximum atomic E-state index is 13.8. The summed E-state index contributed by atoms with van der Waals surface area (Å²) in [5.74, 6) is -1.10. The first-order chi connectivity index (χ1) is 20.0. The predicted molar refractivity (Wildman–Crippen MR) is 170 cm³/mol. The summed E-state index contributed by atoms with van der Waals surface area (Å²) in [5.41, 5.74) is 0. The zero-order valence-corrected chi connectivity index (χ0v) is 25.0. The molecular formula is C34H29F4P3. The highest BCUT2D eigenvalue weighted by Crippen LogP contribution is 2.45. The average molecular weight is 607 g/mol. The number of benzene rings is 5. The molecule has 208 valence electrons. The molecule has 0 bridgehead atoms. The van der Waals surface area contributed by atoms with Crippen LogP contribution in [-0.2, 0) is 0 Å². The second-order valence-electron chi connectivity index (χ2n) is 9.53. The summed E-state index contributed by atoms with van der Waals surface area (Å²) in [6.45, 7) is 0. The molecule has 0 fully saturated rings. The first-order valence-corrected chi connectivity index (χ1v) is 18.1. The topological polar surface area (TPSA) is 0 Å². The smallest absolute Gasteiger partial charge is 0.123 e. The highest BCUT2D eigenvalue weighted by atomic mass is 31.1. The van der Waals surface area contributed by atoms with Gasteiger partial charge in [0.1, 0.15) is 23.3 Å². The Bertz CT molecular complexity index is 1320. The number of halogens is 4. The molecule has 0 aliphatic heterocycles. The number of hydrogen-bond acceptors (Lipinski definition) is 0. The van der Waals surface area contributed by atoms with E-state index in [9.17, 15) is 17.6 Å². The van der Waals surface area contributed by atoms with Crippen LogP contribution in [0.15, 0.2) is 127 Å². The van der Waals surface area contributed by atoms with Gasteiger partial charge in [0.15, 0.2) is 0 Å². The molecular weight excluding hydrogens is 577 g/mol. The molecule has 0 N–H and O–H groups in total. The fourth-order valence-electron chi connectivity index (χ4n) is 4.75. The largest absolute Gasteiger partial charge is 0.207 e. The lowest BCUT2D eigenvalue weighted by Gasteiger charge is -2.26. The van der Waals surface area contributed by atoms with Gasteiger partial charge in [0.05, 0.1) is 0 Å². The van der Waals surface area contributed by atoms with Crippen LogP contribution in [0.3, 0.4) is 0 Å². The Morgan fingerprint density at radius 2 is 0.610 bits per heavy atom. The van der Waals surface area contributed by atoms with Crippen molar-refractivity contribution in [3.05, 3.63) is 151 Å². The standard InChI is InChI=1S/C34H29F4P3/c35-26-6-14-31(15-7-26)40(32-16-8-27(36)9-17-32)24-22-39(30-4-2-1-3-5-30)23-25-41(33-18-10-28(37)11-19-33)34-20-12-29(38)13-21-34/h1-21H,22-25H2. The van der Waals surface area contributed by atoms with E-state index in [2.05, 4.69) is 24.3 Å². The van der Waals surface area contributed by atoms with E-state index in [1.807, 2.05) is 54.6 Å². The molecule has 0 heterocycles. The molecule has 0 amide bonds. The SMILES string of the molecule is Fc1ccc(P(CCP(CCP(c2ccc(F)cc2)c2ccc(F)cc2)c2ccccc2)c2ccc(F)cc2)cc1. The first kappa shape index (κ1) is 29.6. The van der Waals surface area contributed by atoms with Crippen molar-refractivity contribution >= 4 is 50.3 Å². The van der Waals surface area contributed by atoms with Gasteiger partial charge in [-0.2, -0.15) is 0 Å². The lowest BCUT2D eigenvalue weighted by molar-refractivity contribution is 0.627. The molecule has 0 saturated heterocycles. The van der Waals surface area contributed by atoms with Crippen LogP contribution in [0.2, 0.25) is 0 Å². The molecule has 0 unspecified atom stereocenters. The molecule has 0 nitrogen and oxygen atoms in total. The first-order valence-electron chi connectivity index (χ1n) is 13.3. The van der Waals surface area contributed by atoms with Crippen molar-refractivity contribution in [2.24, 2.45) is 0 Å². The zero-order chi connectivity index (χ0) is 28.6. The highest BCUT2D eigenvalue weighted by Gasteiger charge is 2.21. The molecule has 0 spiro atoms. The molecule has 7 heteroatoms. The predicted octanol–water partition coefficient (Wildman–Crippen LogP) is 7.62. The van der Waals surface area contributed by atoms with Crippen LogP contribution < -0.4 is 26.5 Å². The lowest BCUT2D eigenvalue weighted by Crippen LogP contribution is -2.20. The van der Waals surface area contributed by atoms with E-state index in [0.29, 0.717) is 0 Å². The summed E-state index contributed by atoms with van der Waals surface area (Å²) in [4.78, 5) is 0. The summed E-state index contributed by atoms with van der Waals surface area (Å²) in [6, 6.07) is 37.2. The Morgan fingerprint density at radius 3 is 0.902 bits per heavy atom. The van der Waals surface area contributed by atoms with Crippen LogP contribution in [0.1, 0.15) is 0 Å². The molecule has 5 aromatic rings. The summed E-state index contributed by atoms with van der Waals surface area (Å²) in [7, 11) is -2.20. The van der Waals surface area contributed by atoms with Crippen molar-refractivity contribution in [3.63, 3.8) is 0 Å². The van der Waals surface area contributed by atoms with Gasteiger partial charge in [-0.15, -0.1) is 0 Å². The third-order valence-corrected chi connectivity index (χ3v) is 15.2. The van der Waals surface area contributed by atoms with Crippen LogP contribution in [0.4, 0.5) is 17.6 Å². The molecule has 0 atom stereocenters. The molecule has 0 aromatic heterocycles. The van der Waals surface area contributed by atoms with Gasteiger partial charge in [-0.1, -0.05) is 86.8 Å². The van der Waals surface area contributed by atoms with Crippen LogP contribution in [0.25, 0.3) is 0 Å². The number of rotatable bonds is 11. The van der Waals surface area contributed by atoms with Gasteiger partial charge in [-0.05, 0) is 116 Å². The second-order valence-corrected chi connectivity index (χ2v) is 16.7. The highest BCUT2D eigenvalue weighted by molar-refractivity contribution is 7.76. The average Bonchev–Trinajstić information content (AvgIpc) is 3.00. The van der Waals surface area contributed by atoms with E-state index >= 15 is 0 Å². The minimum Gasteiger partial charge on any atom is -0.207 e. The summed E-state index contributed by atoms with van der Waals surface area (Å²) >= 11 is 0. The zero-order valence-electron chi connectivity index (χ0n) is 22.3. The van der Waals surface area contributed by atoms with Crippen LogP contribution in [0, 0.1) is 23.3 Å². The van der Waals surface area contributed by atoms with Crippen molar-refractivity contribution in [3.8, 4) is 0 Å². The van der Waals surface area contributed by atoms with Crippen molar-refractivity contribution in [1.29, 1.82) is 0 Å². The fourth-order valence-corrected chi connectivity index (χ4v) is 13.3. The van der Waals surface area contributed by atoms with Crippen molar-refractivity contribution in [2.75, 3.05) is 24.6 Å². The van der Waals surface area contributed by atoms with Crippen LogP contribution in [-0.4, -0.2) is 24.6 Å². The van der Waals surface area contributed by atoms with Gasteiger partial charge in [0.2, 0.25) is 0 Å². The summed E-state index contributed by atoms with van der Waals surface area (Å²) in [5, 5.41) is 5.57. The Labute approximate surface area is 242 Å².